The summed E-state index contributed by atoms with van der Waals surface area (Å²) in [6, 6.07) is 76.2. The van der Waals surface area contributed by atoms with Gasteiger partial charge in [-0.25, -0.2) is 0 Å². The van der Waals surface area contributed by atoms with Crippen molar-refractivity contribution in [3.63, 3.8) is 0 Å². The third-order valence-electron chi connectivity index (χ3n) is 11.7. The van der Waals surface area contributed by atoms with Crippen molar-refractivity contribution in [1.29, 1.82) is 0 Å². The molecule has 0 atom stereocenters. The molecule has 9 aromatic carbocycles. The largest absolute Gasteiger partial charge is 0.309 e. The zero-order valence-corrected chi connectivity index (χ0v) is 31.5. The fourth-order valence-corrected chi connectivity index (χ4v) is 9.65. The average Bonchev–Trinajstić information content (AvgIpc) is 3.72. The third kappa shape index (κ3) is 4.92. The Morgan fingerprint density at radius 2 is 0.945 bits per heavy atom. The molecule has 0 bridgehead atoms. The first-order valence-corrected chi connectivity index (χ1v) is 19.7. The molecule has 0 saturated heterocycles. The van der Waals surface area contributed by atoms with Crippen LogP contribution in [0.1, 0.15) is 22.3 Å². The van der Waals surface area contributed by atoms with Crippen LogP contribution in [-0.2, 0) is 5.41 Å². The Morgan fingerprint density at radius 1 is 0.364 bits per heavy atom. The van der Waals surface area contributed by atoms with E-state index >= 15 is 0 Å². The van der Waals surface area contributed by atoms with Crippen LogP contribution in [0, 0.1) is 0 Å². The number of halogens is 1. The Kier molecular flexibility index (Phi) is 7.30. The van der Waals surface area contributed by atoms with Crippen LogP contribution in [-0.4, -0.2) is 4.57 Å². The van der Waals surface area contributed by atoms with Crippen LogP contribution in [0.3, 0.4) is 0 Å². The molecule has 55 heavy (non-hydrogen) atoms. The summed E-state index contributed by atoms with van der Waals surface area (Å²) in [5.74, 6) is 0. The summed E-state index contributed by atoms with van der Waals surface area (Å²) in [6.45, 7) is 0. The molecule has 1 heterocycles. The first-order chi connectivity index (χ1) is 27.2. The molecule has 1 aliphatic carbocycles. The van der Waals surface area contributed by atoms with Crippen LogP contribution in [0.15, 0.2) is 211 Å². The maximum absolute atomic E-state index is 3.64. The molecule has 258 valence electrons. The summed E-state index contributed by atoms with van der Waals surface area (Å²) in [5.41, 5.74) is 15.6. The van der Waals surface area contributed by atoms with Gasteiger partial charge in [-0.05, 0) is 109 Å². The van der Waals surface area contributed by atoms with Crippen LogP contribution < -0.4 is 0 Å². The molecular weight excluding hydrogens is 730 g/mol. The monoisotopic (exact) mass is 763 g/mol. The van der Waals surface area contributed by atoms with Gasteiger partial charge in [0.1, 0.15) is 0 Å². The first-order valence-electron chi connectivity index (χ1n) is 18.9. The number of fused-ring (bicyclic) bond motifs is 7. The standard InChI is InChI=1S/C53H34BrN/c54-43-19-11-14-37(30-43)35-22-24-36(25-23-35)40-26-28-47-48-31-38-12-7-8-13-39(38)32-52(48)55(51(47)33-40)44-27-29-46-45-20-9-10-21-49(45)53(50(46)34-44,41-15-3-1-4-16-41)42-17-5-2-6-18-42/h1-34H. The maximum Gasteiger partial charge on any atom is 0.0714 e. The fourth-order valence-electron chi connectivity index (χ4n) is 9.26. The lowest BCUT2D eigenvalue weighted by atomic mass is 9.67. The molecule has 0 radical (unpaired) electrons. The van der Waals surface area contributed by atoms with Crippen LogP contribution in [0.4, 0.5) is 0 Å². The molecule has 0 spiro atoms. The van der Waals surface area contributed by atoms with E-state index in [1.807, 2.05) is 0 Å². The zero-order valence-electron chi connectivity index (χ0n) is 30.0. The lowest BCUT2D eigenvalue weighted by Crippen LogP contribution is -2.28. The predicted octanol–water partition coefficient (Wildman–Crippen LogP) is 14.4. The molecule has 0 N–H and O–H groups in total. The first kappa shape index (κ1) is 32.0. The minimum atomic E-state index is -0.475. The number of hydrogen-bond donors (Lipinski definition) is 0. The predicted molar refractivity (Wildman–Crippen MR) is 234 cm³/mol. The van der Waals surface area contributed by atoms with Gasteiger partial charge >= 0.3 is 0 Å². The Bertz CT molecular complexity index is 3040. The maximum atomic E-state index is 3.64. The Hall–Kier alpha value is -6.48. The number of rotatable bonds is 5. The van der Waals surface area contributed by atoms with E-state index in [2.05, 4.69) is 227 Å². The lowest BCUT2D eigenvalue weighted by molar-refractivity contribution is 0.767. The number of aromatic nitrogens is 1. The molecule has 0 fully saturated rings. The summed E-state index contributed by atoms with van der Waals surface area (Å²) in [4.78, 5) is 0. The molecule has 1 aromatic heterocycles. The molecule has 1 nitrogen and oxygen atoms in total. The fraction of sp³-hybridized carbons (Fsp3) is 0.0189. The van der Waals surface area contributed by atoms with Gasteiger partial charge in [-0.15, -0.1) is 0 Å². The third-order valence-corrected chi connectivity index (χ3v) is 12.2. The van der Waals surface area contributed by atoms with Gasteiger partial charge in [0, 0.05) is 20.9 Å². The second-order valence-corrected chi connectivity index (χ2v) is 15.5. The molecule has 0 amide bonds. The number of nitrogens with zero attached hydrogens (tertiary/aromatic N) is 1. The molecule has 1 aliphatic rings. The van der Waals surface area contributed by atoms with Crippen LogP contribution >= 0.6 is 15.9 Å². The van der Waals surface area contributed by atoms with E-state index in [4.69, 9.17) is 0 Å². The molecule has 0 aliphatic heterocycles. The summed E-state index contributed by atoms with van der Waals surface area (Å²) in [7, 11) is 0. The highest BCUT2D eigenvalue weighted by atomic mass is 79.9. The van der Waals surface area contributed by atoms with Gasteiger partial charge in [-0.3, -0.25) is 0 Å². The smallest absolute Gasteiger partial charge is 0.0714 e. The van der Waals surface area contributed by atoms with E-state index in [9.17, 15) is 0 Å². The zero-order chi connectivity index (χ0) is 36.5. The molecule has 2 heteroatoms. The van der Waals surface area contributed by atoms with Crippen molar-refractivity contribution in [3.05, 3.63) is 233 Å². The van der Waals surface area contributed by atoms with Gasteiger partial charge < -0.3 is 4.57 Å². The minimum absolute atomic E-state index is 0.475. The van der Waals surface area contributed by atoms with E-state index < -0.39 is 5.41 Å². The lowest BCUT2D eigenvalue weighted by Gasteiger charge is -2.34. The highest BCUT2D eigenvalue weighted by Crippen LogP contribution is 2.56. The Morgan fingerprint density at radius 3 is 1.65 bits per heavy atom. The van der Waals surface area contributed by atoms with E-state index in [-0.39, 0.29) is 0 Å². The summed E-state index contributed by atoms with van der Waals surface area (Å²) >= 11 is 3.64. The average molecular weight is 765 g/mol. The van der Waals surface area contributed by atoms with Crippen molar-refractivity contribution in [2.75, 3.05) is 0 Å². The summed E-state index contributed by atoms with van der Waals surface area (Å²) < 4.78 is 3.58. The quantitative estimate of drug-likeness (QED) is 0.164. The molecular formula is C53H34BrN. The normalized spacial score (nSPS) is 13.0. The highest BCUT2D eigenvalue weighted by Gasteiger charge is 2.46. The Labute approximate surface area is 328 Å². The van der Waals surface area contributed by atoms with Crippen molar-refractivity contribution in [2.45, 2.75) is 5.41 Å². The van der Waals surface area contributed by atoms with Gasteiger partial charge in [-0.2, -0.15) is 0 Å². The van der Waals surface area contributed by atoms with Crippen LogP contribution in [0.5, 0.6) is 0 Å². The van der Waals surface area contributed by atoms with Gasteiger partial charge in [0.15, 0.2) is 0 Å². The van der Waals surface area contributed by atoms with Gasteiger partial charge in [0.2, 0.25) is 0 Å². The summed E-state index contributed by atoms with van der Waals surface area (Å²) in [5, 5.41) is 4.99. The van der Waals surface area contributed by atoms with Crippen molar-refractivity contribution in [2.24, 2.45) is 0 Å². The Balaban J connectivity index is 1.17. The highest BCUT2D eigenvalue weighted by molar-refractivity contribution is 9.10. The number of hydrogen-bond acceptors (Lipinski definition) is 0. The van der Waals surface area contributed by atoms with E-state index in [0.29, 0.717) is 0 Å². The molecule has 0 saturated carbocycles. The van der Waals surface area contributed by atoms with Gasteiger partial charge in [0.25, 0.3) is 0 Å². The second-order valence-electron chi connectivity index (χ2n) is 14.6. The van der Waals surface area contributed by atoms with E-state index in [1.165, 1.54) is 88.2 Å². The SMILES string of the molecule is Brc1cccc(-c2ccc(-c3ccc4c5cc6ccccc6cc5n(-c5ccc6c(c5)C(c5ccccc5)(c5ccccc5)c5ccccc5-6)c4c3)cc2)c1. The van der Waals surface area contributed by atoms with Gasteiger partial charge in [0.05, 0.1) is 16.4 Å². The second kappa shape index (κ2) is 12.6. The van der Waals surface area contributed by atoms with Crippen LogP contribution in [0.2, 0.25) is 0 Å². The van der Waals surface area contributed by atoms with Crippen molar-refractivity contribution in [3.8, 4) is 39.1 Å². The minimum Gasteiger partial charge on any atom is -0.309 e. The molecule has 11 rings (SSSR count). The van der Waals surface area contributed by atoms with Crippen molar-refractivity contribution in [1.82, 2.24) is 4.57 Å². The van der Waals surface area contributed by atoms with Crippen molar-refractivity contribution >= 4 is 48.5 Å². The van der Waals surface area contributed by atoms with Crippen molar-refractivity contribution < 1.29 is 0 Å². The number of benzene rings is 9. The topological polar surface area (TPSA) is 4.93 Å². The van der Waals surface area contributed by atoms with E-state index in [0.717, 1.165) is 10.2 Å². The molecule has 0 unspecified atom stereocenters. The van der Waals surface area contributed by atoms with Gasteiger partial charge in [-0.1, -0.05) is 180 Å². The molecule has 10 aromatic rings. The van der Waals surface area contributed by atoms with E-state index in [1.54, 1.807) is 0 Å². The van der Waals surface area contributed by atoms with Crippen LogP contribution in [0.25, 0.3) is 71.6 Å². The summed E-state index contributed by atoms with van der Waals surface area (Å²) in [6.07, 6.45) is 0.